The van der Waals surface area contributed by atoms with Crippen molar-refractivity contribution in [3.05, 3.63) is 22.4 Å². The quantitative estimate of drug-likeness (QED) is 0.692. The molecule has 2 N–H and O–H groups in total. The van der Waals surface area contributed by atoms with Gasteiger partial charge >= 0.3 is 0 Å². The Kier molecular flexibility index (Phi) is 7.17. The molecule has 0 unspecified atom stereocenters. The Morgan fingerprint density at radius 1 is 1.50 bits per heavy atom. The van der Waals surface area contributed by atoms with E-state index >= 15 is 0 Å². The van der Waals surface area contributed by atoms with Gasteiger partial charge in [0.2, 0.25) is 15.9 Å². The molecule has 24 heavy (non-hydrogen) atoms. The van der Waals surface area contributed by atoms with Crippen LogP contribution in [-0.2, 0) is 19.6 Å². The Bertz CT molecular complexity index is 610. The Morgan fingerprint density at radius 2 is 2.21 bits per heavy atom. The first-order chi connectivity index (χ1) is 11.4. The van der Waals surface area contributed by atoms with Gasteiger partial charge in [-0.25, -0.2) is 12.7 Å². The van der Waals surface area contributed by atoms with Gasteiger partial charge in [-0.05, 0) is 35.2 Å². The van der Waals surface area contributed by atoms with Gasteiger partial charge in [0, 0.05) is 25.6 Å². The van der Waals surface area contributed by atoms with Crippen molar-refractivity contribution in [2.24, 2.45) is 5.92 Å². The number of nitrogens with zero attached hydrogens (tertiary/aromatic N) is 1. The van der Waals surface area contributed by atoms with Crippen LogP contribution in [-0.4, -0.2) is 62.8 Å². The summed E-state index contributed by atoms with van der Waals surface area (Å²) in [4.78, 5) is 12.3. The molecule has 7 nitrogen and oxygen atoms in total. The van der Waals surface area contributed by atoms with Crippen LogP contribution in [0.25, 0.3) is 0 Å². The summed E-state index contributed by atoms with van der Waals surface area (Å²) in [5, 5.41) is 15.7. The molecule has 1 aromatic rings. The molecule has 0 radical (unpaired) electrons. The minimum absolute atomic E-state index is 0.0709. The van der Waals surface area contributed by atoms with Gasteiger partial charge in [-0.2, -0.15) is 11.3 Å². The molecule has 0 aromatic carbocycles. The van der Waals surface area contributed by atoms with Gasteiger partial charge < -0.3 is 15.2 Å². The number of carbonyl (C=O) groups is 1. The fraction of sp³-hybridized carbons (Fsp3) is 0.667. The molecule has 136 valence electrons. The van der Waals surface area contributed by atoms with E-state index in [1.165, 1.54) is 10.6 Å². The maximum Gasteiger partial charge on any atom is 0.223 e. The molecule has 1 aromatic heterocycles. The van der Waals surface area contributed by atoms with E-state index in [4.69, 9.17) is 9.84 Å². The van der Waals surface area contributed by atoms with E-state index in [9.17, 15) is 13.2 Å². The lowest BCUT2D eigenvalue weighted by Crippen LogP contribution is -2.43. The average molecular weight is 377 g/mol. The minimum atomic E-state index is -3.18. The van der Waals surface area contributed by atoms with Crippen LogP contribution in [0.5, 0.6) is 0 Å². The Labute approximate surface area is 146 Å². The van der Waals surface area contributed by atoms with Crippen molar-refractivity contribution in [1.29, 1.82) is 0 Å². The second-order valence-electron chi connectivity index (χ2n) is 5.82. The second kappa shape index (κ2) is 8.91. The number of piperidine rings is 1. The first kappa shape index (κ1) is 19.3. The molecule has 2 rings (SSSR count). The van der Waals surface area contributed by atoms with Gasteiger partial charge in [-0.1, -0.05) is 0 Å². The zero-order chi connectivity index (χ0) is 17.6. The van der Waals surface area contributed by atoms with Crippen molar-refractivity contribution >= 4 is 27.3 Å². The van der Waals surface area contributed by atoms with Crippen molar-refractivity contribution in [1.82, 2.24) is 9.62 Å². The summed E-state index contributed by atoms with van der Waals surface area (Å²) in [6, 6.07) is 1.93. The zero-order valence-electron chi connectivity index (χ0n) is 13.7. The first-order valence-corrected chi connectivity index (χ1v) is 10.7. The van der Waals surface area contributed by atoms with Crippen molar-refractivity contribution in [2.75, 3.05) is 39.1 Å². The van der Waals surface area contributed by atoms with Crippen LogP contribution in [0.3, 0.4) is 0 Å². The highest BCUT2D eigenvalue weighted by molar-refractivity contribution is 7.88. The molecule has 0 bridgehead atoms. The van der Waals surface area contributed by atoms with Gasteiger partial charge in [0.25, 0.3) is 0 Å². The molecule has 1 saturated heterocycles. The van der Waals surface area contributed by atoms with Crippen molar-refractivity contribution < 1.29 is 23.1 Å². The standard InChI is InChI=1S/C15H24N2O5S2/c1-24(20,21)17-5-2-12(3-6-17)15(19)16-10-14(22-8-7-18)13-4-9-23-11-13/h4,9,11-12,14,18H,2-3,5-8,10H2,1H3,(H,16,19)/t14-/m1/s1. The topological polar surface area (TPSA) is 95.9 Å². The Hall–Kier alpha value is -1.00. The average Bonchev–Trinajstić information content (AvgIpc) is 3.08. The predicted octanol–water partition coefficient (Wildman–Crippen LogP) is 0.586. The molecule has 2 heterocycles. The van der Waals surface area contributed by atoms with E-state index in [2.05, 4.69) is 5.32 Å². The van der Waals surface area contributed by atoms with Crippen molar-refractivity contribution in [2.45, 2.75) is 18.9 Å². The van der Waals surface area contributed by atoms with Crippen molar-refractivity contribution in [3.63, 3.8) is 0 Å². The first-order valence-electron chi connectivity index (χ1n) is 7.89. The van der Waals surface area contributed by atoms with E-state index in [-0.39, 0.29) is 31.1 Å². The number of hydrogen-bond acceptors (Lipinski definition) is 6. The molecule has 1 fully saturated rings. The Morgan fingerprint density at radius 3 is 2.75 bits per heavy atom. The lowest BCUT2D eigenvalue weighted by atomic mass is 9.97. The molecule has 0 spiro atoms. The predicted molar refractivity (Wildman–Crippen MR) is 92.2 cm³/mol. The van der Waals surface area contributed by atoms with Crippen LogP contribution in [0, 0.1) is 5.92 Å². The summed E-state index contributed by atoms with van der Waals surface area (Å²) in [6.07, 6.45) is 1.96. The molecule has 1 aliphatic heterocycles. The smallest absolute Gasteiger partial charge is 0.223 e. The maximum atomic E-state index is 12.3. The molecule has 1 aliphatic rings. The SMILES string of the molecule is CS(=O)(=O)N1CCC(C(=O)NC[C@@H](OCCO)c2ccsc2)CC1. The van der Waals surface area contributed by atoms with E-state index in [1.807, 2.05) is 16.8 Å². The van der Waals surface area contributed by atoms with E-state index < -0.39 is 10.0 Å². The minimum Gasteiger partial charge on any atom is -0.394 e. The summed E-state index contributed by atoms with van der Waals surface area (Å²) in [5.74, 6) is -0.250. The van der Waals surface area contributed by atoms with Gasteiger partial charge in [0.1, 0.15) is 6.10 Å². The van der Waals surface area contributed by atoms with Crippen LogP contribution in [0.1, 0.15) is 24.5 Å². The maximum absolute atomic E-state index is 12.3. The summed E-state index contributed by atoms with van der Waals surface area (Å²) >= 11 is 1.55. The van der Waals surface area contributed by atoms with Crippen LogP contribution in [0.15, 0.2) is 16.8 Å². The van der Waals surface area contributed by atoms with Crippen LogP contribution >= 0.6 is 11.3 Å². The molecule has 0 saturated carbocycles. The normalized spacial score (nSPS) is 18.4. The van der Waals surface area contributed by atoms with Gasteiger partial charge in [-0.3, -0.25) is 4.79 Å². The Balaban J connectivity index is 1.83. The third-order valence-corrected chi connectivity index (χ3v) is 6.09. The summed E-state index contributed by atoms with van der Waals surface area (Å²) < 4.78 is 30.0. The number of carbonyl (C=O) groups excluding carboxylic acids is 1. The number of amides is 1. The lowest BCUT2D eigenvalue weighted by molar-refractivity contribution is -0.126. The fourth-order valence-corrected chi connectivity index (χ4v) is 4.29. The number of thiophene rings is 1. The number of aliphatic hydroxyl groups is 1. The third-order valence-electron chi connectivity index (χ3n) is 4.08. The molecule has 9 heteroatoms. The summed E-state index contributed by atoms with van der Waals surface area (Å²) in [7, 11) is -3.18. The summed E-state index contributed by atoms with van der Waals surface area (Å²) in [5.41, 5.74) is 0.973. The lowest BCUT2D eigenvalue weighted by Gasteiger charge is -2.29. The van der Waals surface area contributed by atoms with Crippen molar-refractivity contribution in [3.8, 4) is 0 Å². The van der Waals surface area contributed by atoms with Crippen LogP contribution in [0.2, 0.25) is 0 Å². The van der Waals surface area contributed by atoms with Gasteiger partial charge in [0.05, 0.1) is 19.5 Å². The second-order valence-corrected chi connectivity index (χ2v) is 8.58. The number of aliphatic hydroxyl groups excluding tert-OH is 1. The molecular formula is C15H24N2O5S2. The zero-order valence-corrected chi connectivity index (χ0v) is 15.3. The number of sulfonamides is 1. The molecule has 0 aliphatic carbocycles. The monoisotopic (exact) mass is 376 g/mol. The number of ether oxygens (including phenoxy) is 1. The van der Waals surface area contributed by atoms with E-state index in [0.717, 1.165) is 5.56 Å². The largest absolute Gasteiger partial charge is 0.394 e. The molecular weight excluding hydrogens is 352 g/mol. The van der Waals surface area contributed by atoms with E-state index in [0.29, 0.717) is 32.5 Å². The summed E-state index contributed by atoms with van der Waals surface area (Å²) in [6.45, 7) is 1.24. The highest BCUT2D eigenvalue weighted by Gasteiger charge is 2.29. The van der Waals surface area contributed by atoms with Gasteiger partial charge in [0.15, 0.2) is 0 Å². The fourth-order valence-electron chi connectivity index (χ4n) is 2.71. The van der Waals surface area contributed by atoms with Crippen LogP contribution < -0.4 is 5.32 Å². The number of nitrogens with one attached hydrogen (secondary N) is 1. The molecule has 1 amide bonds. The molecule has 1 atom stereocenters. The highest BCUT2D eigenvalue weighted by Crippen LogP contribution is 2.22. The van der Waals surface area contributed by atoms with Crippen LogP contribution in [0.4, 0.5) is 0 Å². The number of rotatable bonds is 8. The highest BCUT2D eigenvalue weighted by atomic mass is 32.2. The van der Waals surface area contributed by atoms with E-state index in [1.54, 1.807) is 11.3 Å². The van der Waals surface area contributed by atoms with Gasteiger partial charge in [-0.15, -0.1) is 0 Å². The number of hydrogen-bond donors (Lipinski definition) is 2. The third kappa shape index (κ3) is 5.52.